The SMILES string of the molecule is O=C(NCCN1CCOCC1)c1ccc(N2CCC(NC[C@@H]3CCCN4CCCC[C@H]34)CC2)cc1. The number of fused-ring (bicyclic) bond motifs is 1. The Morgan fingerprint density at radius 1 is 0.886 bits per heavy atom. The number of nitrogens with zero attached hydrogens (tertiary/aromatic N) is 3. The maximum atomic E-state index is 12.5. The lowest BCUT2D eigenvalue weighted by atomic mass is 9.83. The van der Waals surface area contributed by atoms with Crippen molar-refractivity contribution in [1.29, 1.82) is 0 Å². The molecule has 5 rings (SSSR count). The van der Waals surface area contributed by atoms with E-state index in [-0.39, 0.29) is 5.91 Å². The Hall–Kier alpha value is -1.67. The van der Waals surface area contributed by atoms with Gasteiger partial charge in [-0.05, 0) is 88.3 Å². The molecule has 0 aliphatic carbocycles. The second-order valence-electron chi connectivity index (χ2n) is 10.9. The molecule has 1 amide bonds. The summed E-state index contributed by atoms with van der Waals surface area (Å²) in [5.41, 5.74) is 1.98. The lowest BCUT2D eigenvalue weighted by molar-refractivity contribution is 0.0383. The molecule has 7 nitrogen and oxygen atoms in total. The number of morpholine rings is 1. The molecule has 0 radical (unpaired) electrons. The first-order chi connectivity index (χ1) is 17.3. The van der Waals surface area contributed by atoms with Crippen molar-refractivity contribution < 1.29 is 9.53 Å². The van der Waals surface area contributed by atoms with Crippen molar-refractivity contribution in [3.05, 3.63) is 29.8 Å². The van der Waals surface area contributed by atoms with Crippen LogP contribution in [-0.4, -0.2) is 99.9 Å². The predicted molar refractivity (Wildman–Crippen MR) is 141 cm³/mol. The quantitative estimate of drug-likeness (QED) is 0.593. The minimum Gasteiger partial charge on any atom is -0.379 e. The van der Waals surface area contributed by atoms with Crippen molar-refractivity contribution in [1.82, 2.24) is 20.4 Å². The van der Waals surface area contributed by atoms with Crippen LogP contribution in [0.15, 0.2) is 24.3 Å². The number of piperidine rings is 3. The Labute approximate surface area is 211 Å². The van der Waals surface area contributed by atoms with Gasteiger partial charge in [-0.2, -0.15) is 0 Å². The maximum Gasteiger partial charge on any atom is 0.251 e. The molecule has 0 unspecified atom stereocenters. The highest BCUT2D eigenvalue weighted by atomic mass is 16.5. The van der Waals surface area contributed by atoms with Gasteiger partial charge in [-0.1, -0.05) is 6.42 Å². The second-order valence-corrected chi connectivity index (χ2v) is 10.9. The molecule has 35 heavy (non-hydrogen) atoms. The zero-order valence-electron chi connectivity index (χ0n) is 21.4. The van der Waals surface area contributed by atoms with E-state index in [9.17, 15) is 4.79 Å². The minimum absolute atomic E-state index is 0.0203. The van der Waals surface area contributed by atoms with Gasteiger partial charge in [-0.3, -0.25) is 9.69 Å². The number of anilines is 1. The Bertz CT molecular complexity index is 787. The van der Waals surface area contributed by atoms with Gasteiger partial charge < -0.3 is 25.2 Å². The maximum absolute atomic E-state index is 12.5. The summed E-state index contributed by atoms with van der Waals surface area (Å²) in [7, 11) is 0. The Kier molecular flexibility index (Phi) is 8.95. The summed E-state index contributed by atoms with van der Waals surface area (Å²) >= 11 is 0. The van der Waals surface area contributed by atoms with Crippen molar-refractivity contribution in [2.75, 3.05) is 77.0 Å². The number of nitrogens with one attached hydrogen (secondary N) is 2. The Balaban J connectivity index is 1.02. The van der Waals surface area contributed by atoms with Crippen molar-refractivity contribution >= 4 is 11.6 Å². The van der Waals surface area contributed by atoms with E-state index in [4.69, 9.17) is 4.74 Å². The summed E-state index contributed by atoms with van der Waals surface area (Å²) in [6.07, 6.45) is 9.41. The third-order valence-electron chi connectivity index (χ3n) is 8.70. The van der Waals surface area contributed by atoms with Crippen LogP contribution in [0.2, 0.25) is 0 Å². The molecule has 7 heteroatoms. The summed E-state index contributed by atoms with van der Waals surface area (Å²) < 4.78 is 5.38. The van der Waals surface area contributed by atoms with E-state index < -0.39 is 0 Å². The third-order valence-corrected chi connectivity index (χ3v) is 8.70. The normalized spacial score (nSPS) is 26.9. The summed E-state index contributed by atoms with van der Waals surface area (Å²) in [5, 5.41) is 7.01. The molecule has 0 saturated carbocycles. The number of rotatable bonds is 8. The molecule has 4 aliphatic rings. The molecule has 1 aromatic rings. The van der Waals surface area contributed by atoms with Crippen LogP contribution in [0.1, 0.15) is 55.3 Å². The molecular formula is C28H45N5O2. The van der Waals surface area contributed by atoms with Crippen molar-refractivity contribution in [3.8, 4) is 0 Å². The molecule has 0 spiro atoms. The van der Waals surface area contributed by atoms with Gasteiger partial charge in [0.25, 0.3) is 5.91 Å². The predicted octanol–water partition coefficient (Wildman–Crippen LogP) is 2.57. The first-order valence-electron chi connectivity index (χ1n) is 14.2. The van der Waals surface area contributed by atoms with E-state index in [1.54, 1.807) is 0 Å². The van der Waals surface area contributed by atoms with Crippen LogP contribution in [-0.2, 0) is 4.74 Å². The molecule has 0 aromatic heterocycles. The lowest BCUT2D eigenvalue weighted by Gasteiger charge is -2.45. The molecule has 4 heterocycles. The van der Waals surface area contributed by atoms with Crippen LogP contribution < -0.4 is 15.5 Å². The molecule has 4 fully saturated rings. The molecule has 1 aromatic carbocycles. The van der Waals surface area contributed by atoms with Gasteiger partial charge in [0.1, 0.15) is 0 Å². The summed E-state index contributed by atoms with van der Waals surface area (Å²) in [6.45, 7) is 11.1. The highest BCUT2D eigenvalue weighted by Gasteiger charge is 2.33. The fraction of sp³-hybridized carbons (Fsp3) is 0.750. The van der Waals surface area contributed by atoms with Crippen LogP contribution in [0.5, 0.6) is 0 Å². The van der Waals surface area contributed by atoms with E-state index in [0.29, 0.717) is 12.6 Å². The van der Waals surface area contributed by atoms with E-state index in [0.717, 1.165) is 63.5 Å². The van der Waals surface area contributed by atoms with Gasteiger partial charge in [0, 0.05) is 62.6 Å². The summed E-state index contributed by atoms with van der Waals surface area (Å²) in [5.74, 6) is 0.863. The largest absolute Gasteiger partial charge is 0.379 e. The number of hydrogen-bond donors (Lipinski definition) is 2. The van der Waals surface area contributed by atoms with E-state index in [1.165, 1.54) is 70.3 Å². The number of carbonyl (C=O) groups excluding carboxylic acids is 1. The molecule has 0 bridgehead atoms. The molecule has 4 aliphatic heterocycles. The average molecular weight is 484 g/mol. The Morgan fingerprint density at radius 3 is 2.46 bits per heavy atom. The van der Waals surface area contributed by atoms with Gasteiger partial charge in [-0.25, -0.2) is 0 Å². The molecule has 2 N–H and O–H groups in total. The second kappa shape index (κ2) is 12.5. The first kappa shape index (κ1) is 25.0. The lowest BCUT2D eigenvalue weighted by Crippen LogP contribution is -2.52. The molecular weight excluding hydrogens is 438 g/mol. The standard InChI is InChI=1S/C28H45N5O2/c34-28(29-12-17-31-18-20-35-21-19-31)23-6-8-26(9-7-23)32-15-10-25(11-16-32)30-22-24-4-3-14-33-13-2-1-5-27(24)33/h6-9,24-25,27,30H,1-5,10-22H2,(H,29,34)/t24-,27+/m0/s1. The fourth-order valence-electron chi connectivity index (χ4n) is 6.55. The van der Waals surface area contributed by atoms with Gasteiger partial charge in [0.15, 0.2) is 0 Å². The zero-order valence-corrected chi connectivity index (χ0v) is 21.4. The molecule has 194 valence electrons. The monoisotopic (exact) mass is 483 g/mol. The number of carbonyl (C=O) groups is 1. The van der Waals surface area contributed by atoms with Crippen molar-refractivity contribution in [2.24, 2.45) is 5.92 Å². The molecule has 4 saturated heterocycles. The minimum atomic E-state index is 0.0203. The van der Waals surface area contributed by atoms with Crippen molar-refractivity contribution in [3.63, 3.8) is 0 Å². The number of ether oxygens (including phenoxy) is 1. The van der Waals surface area contributed by atoms with E-state index in [1.807, 2.05) is 12.1 Å². The highest BCUT2D eigenvalue weighted by Crippen LogP contribution is 2.31. The van der Waals surface area contributed by atoms with Crippen LogP contribution in [0.4, 0.5) is 5.69 Å². The van der Waals surface area contributed by atoms with E-state index in [2.05, 4.69) is 37.5 Å². The van der Waals surface area contributed by atoms with Gasteiger partial charge >= 0.3 is 0 Å². The van der Waals surface area contributed by atoms with Gasteiger partial charge in [-0.15, -0.1) is 0 Å². The third kappa shape index (κ3) is 6.76. The van der Waals surface area contributed by atoms with Crippen molar-refractivity contribution in [2.45, 2.75) is 57.0 Å². The topological polar surface area (TPSA) is 60.1 Å². The van der Waals surface area contributed by atoms with Crippen LogP contribution >= 0.6 is 0 Å². The number of amides is 1. The van der Waals surface area contributed by atoms with Crippen LogP contribution in [0.25, 0.3) is 0 Å². The van der Waals surface area contributed by atoms with Gasteiger partial charge in [0.2, 0.25) is 0 Å². The molecule has 2 atom stereocenters. The summed E-state index contributed by atoms with van der Waals surface area (Å²) in [6, 6.07) is 9.65. The smallest absolute Gasteiger partial charge is 0.251 e. The van der Waals surface area contributed by atoms with E-state index >= 15 is 0 Å². The number of benzene rings is 1. The fourth-order valence-corrected chi connectivity index (χ4v) is 6.55. The average Bonchev–Trinajstić information content (AvgIpc) is 2.93. The van der Waals surface area contributed by atoms with Crippen LogP contribution in [0.3, 0.4) is 0 Å². The summed E-state index contributed by atoms with van der Waals surface area (Å²) in [4.78, 5) is 20.1. The zero-order chi connectivity index (χ0) is 23.9. The van der Waals surface area contributed by atoms with Gasteiger partial charge in [0.05, 0.1) is 13.2 Å². The van der Waals surface area contributed by atoms with Crippen LogP contribution in [0, 0.1) is 5.92 Å². The highest BCUT2D eigenvalue weighted by molar-refractivity contribution is 5.94. The Morgan fingerprint density at radius 2 is 1.66 bits per heavy atom. The number of hydrogen-bond acceptors (Lipinski definition) is 6. The first-order valence-corrected chi connectivity index (χ1v) is 14.2.